The van der Waals surface area contributed by atoms with Crippen LogP contribution in [0, 0.1) is 11.8 Å². The van der Waals surface area contributed by atoms with Crippen molar-refractivity contribution < 1.29 is 39.1 Å². The maximum atomic E-state index is 13.5. The first-order valence-electron chi connectivity index (χ1n) is 11.9. The number of sulfonamides is 1. The van der Waals surface area contributed by atoms with Crippen molar-refractivity contribution in [2.45, 2.75) is 36.4 Å². The van der Waals surface area contributed by atoms with E-state index in [2.05, 4.69) is 22.5 Å². The molecule has 1 aromatic heterocycles. The Morgan fingerprint density at radius 3 is 2.50 bits per heavy atom. The zero-order valence-corrected chi connectivity index (χ0v) is 23.3. The summed E-state index contributed by atoms with van der Waals surface area (Å²) in [5, 5.41) is 11.6. The molecular formula is C25H25F4N3O5S3. The molecule has 15 heteroatoms. The van der Waals surface area contributed by atoms with Gasteiger partial charge in [0.25, 0.3) is 0 Å². The normalized spacial score (nSPS) is 15.8. The second-order valence-electron chi connectivity index (χ2n) is 9.07. The summed E-state index contributed by atoms with van der Waals surface area (Å²) in [4.78, 5) is -0.0617. The first kappa shape index (κ1) is 29.9. The Kier molecular flexibility index (Phi) is 8.83. The molecule has 4 rings (SSSR count). The van der Waals surface area contributed by atoms with Crippen molar-refractivity contribution in [3.8, 4) is 17.6 Å². The van der Waals surface area contributed by atoms with Gasteiger partial charge in [-0.25, -0.2) is 26.4 Å². The molecule has 0 unspecified atom stereocenters. The molecule has 0 radical (unpaired) electrons. The van der Waals surface area contributed by atoms with E-state index in [9.17, 15) is 34.4 Å². The number of fused-ring (bicyclic) bond motifs is 1. The average Bonchev–Trinajstić information content (AvgIpc) is 3.20. The molecule has 40 heavy (non-hydrogen) atoms. The largest absolute Gasteiger partial charge is 0.461 e. The van der Waals surface area contributed by atoms with Crippen LogP contribution in [0.5, 0.6) is 5.75 Å². The van der Waals surface area contributed by atoms with Crippen LogP contribution in [0.3, 0.4) is 0 Å². The van der Waals surface area contributed by atoms with E-state index in [1.165, 1.54) is 12.1 Å². The van der Waals surface area contributed by atoms with Crippen molar-refractivity contribution in [2.24, 2.45) is 5.14 Å². The lowest BCUT2D eigenvalue weighted by molar-refractivity contribution is -0.126. The second-order valence-corrected chi connectivity index (χ2v) is 14.0. The summed E-state index contributed by atoms with van der Waals surface area (Å²) in [5.74, 6) is 5.54. The van der Waals surface area contributed by atoms with Gasteiger partial charge >= 0.3 is 6.18 Å². The van der Waals surface area contributed by atoms with Crippen LogP contribution < -0.4 is 20.5 Å². The number of sulfone groups is 1. The van der Waals surface area contributed by atoms with Crippen LogP contribution in [0.2, 0.25) is 0 Å². The van der Waals surface area contributed by atoms with Gasteiger partial charge in [0.2, 0.25) is 16.9 Å². The zero-order valence-electron chi connectivity index (χ0n) is 20.8. The first-order chi connectivity index (χ1) is 18.8. The number of rotatable bonds is 8. The van der Waals surface area contributed by atoms with Gasteiger partial charge in [-0.05, 0) is 42.0 Å². The highest BCUT2D eigenvalue weighted by Crippen LogP contribution is 2.39. The molecule has 0 spiro atoms. The smallest absolute Gasteiger partial charge is 0.393 e. The summed E-state index contributed by atoms with van der Waals surface area (Å²) in [6.07, 6.45) is -4.85. The van der Waals surface area contributed by atoms with Crippen LogP contribution in [-0.4, -0.2) is 54.0 Å². The number of nitrogens with two attached hydrogens (primary N) is 1. The minimum absolute atomic E-state index is 0.0360. The van der Waals surface area contributed by atoms with E-state index in [0.717, 1.165) is 17.4 Å². The minimum Gasteiger partial charge on any atom is -0.461 e. The van der Waals surface area contributed by atoms with E-state index in [-0.39, 0.29) is 50.9 Å². The number of benzene rings is 2. The van der Waals surface area contributed by atoms with E-state index >= 15 is 0 Å². The van der Waals surface area contributed by atoms with Crippen molar-refractivity contribution in [2.75, 3.05) is 35.5 Å². The van der Waals surface area contributed by atoms with Crippen molar-refractivity contribution in [1.29, 1.82) is 0 Å². The Hall–Kier alpha value is -3.06. The number of alkyl halides is 4. The minimum atomic E-state index is -4.48. The molecule has 1 fully saturated rings. The lowest BCUT2D eigenvalue weighted by Crippen LogP contribution is -2.32. The predicted molar refractivity (Wildman–Crippen MR) is 147 cm³/mol. The Morgan fingerprint density at radius 1 is 1.12 bits per heavy atom. The molecule has 2 heterocycles. The van der Waals surface area contributed by atoms with E-state index < -0.39 is 39.3 Å². The van der Waals surface area contributed by atoms with Gasteiger partial charge in [0.1, 0.15) is 15.6 Å². The highest BCUT2D eigenvalue weighted by Gasteiger charge is 2.31. The third-order valence-corrected chi connectivity index (χ3v) is 9.99. The van der Waals surface area contributed by atoms with Crippen LogP contribution >= 0.6 is 11.3 Å². The highest BCUT2D eigenvalue weighted by atomic mass is 32.2. The van der Waals surface area contributed by atoms with Gasteiger partial charge in [-0.15, -0.1) is 11.3 Å². The highest BCUT2D eigenvalue weighted by molar-refractivity contribution is 7.91. The first-order valence-corrected chi connectivity index (χ1v) is 16.1. The lowest BCUT2D eigenvalue weighted by Gasteiger charge is -2.24. The average molecular weight is 620 g/mol. The van der Waals surface area contributed by atoms with Crippen molar-refractivity contribution in [3.63, 3.8) is 0 Å². The Labute approximate surface area is 232 Å². The maximum absolute atomic E-state index is 13.5. The molecule has 1 aliphatic rings. The summed E-state index contributed by atoms with van der Waals surface area (Å²) in [6.45, 7) is -1.30. The zero-order chi connectivity index (χ0) is 29.1. The Balaban J connectivity index is 1.60. The van der Waals surface area contributed by atoms with Crippen molar-refractivity contribution in [3.05, 3.63) is 46.8 Å². The standard InChI is InChI=1S/C25H25F4N3O5S3/c26-15-37-22-13-17(40(30,35)36)6-7-20(22)31-10-2-5-23-19(14-25(27,28)29)18-3-1-4-21(24(18)38-23)32-16-8-11-39(33,34)12-9-16/h1,3-4,6-7,13,16,31-32H,8-12,14-15H2,(H2,30,35,36). The third-order valence-electron chi connectivity index (χ3n) is 6.17. The van der Waals surface area contributed by atoms with Gasteiger partial charge in [0.05, 0.1) is 50.3 Å². The number of primary sulfonamides is 1. The molecule has 0 amide bonds. The molecule has 1 aliphatic heterocycles. The van der Waals surface area contributed by atoms with Gasteiger partial charge < -0.3 is 15.4 Å². The molecule has 0 saturated carbocycles. The monoisotopic (exact) mass is 619 g/mol. The number of halogens is 4. The fraction of sp³-hybridized carbons (Fsp3) is 0.360. The van der Waals surface area contributed by atoms with Crippen molar-refractivity contribution in [1.82, 2.24) is 0 Å². The SMILES string of the molecule is NS(=O)(=O)c1ccc(NCC#Cc2sc3c(NC4CCS(=O)(=O)CC4)cccc3c2CC(F)(F)F)c(OCF)c1. The van der Waals surface area contributed by atoms with E-state index in [4.69, 9.17) is 9.88 Å². The van der Waals surface area contributed by atoms with Gasteiger partial charge in [-0.2, -0.15) is 13.2 Å². The van der Waals surface area contributed by atoms with Crippen LogP contribution in [0.4, 0.5) is 28.9 Å². The molecule has 0 aliphatic carbocycles. The topological polar surface area (TPSA) is 128 Å². The predicted octanol–water partition coefficient (Wildman–Crippen LogP) is 4.41. The number of hydrogen-bond acceptors (Lipinski definition) is 8. The second kappa shape index (κ2) is 11.8. The molecule has 216 valence electrons. The third kappa shape index (κ3) is 7.57. The number of thiophene rings is 1. The van der Waals surface area contributed by atoms with E-state index in [1.54, 1.807) is 18.2 Å². The van der Waals surface area contributed by atoms with Crippen molar-refractivity contribution >= 4 is 52.7 Å². The number of ether oxygens (including phenoxy) is 1. The van der Waals surface area contributed by atoms with Gasteiger partial charge in [-0.1, -0.05) is 24.0 Å². The van der Waals surface area contributed by atoms with E-state index in [0.29, 0.717) is 28.6 Å². The van der Waals surface area contributed by atoms with Crippen LogP contribution in [0.1, 0.15) is 23.3 Å². The molecule has 1 saturated heterocycles. The summed E-state index contributed by atoms with van der Waals surface area (Å²) in [5.41, 5.74) is 0.866. The number of hydrogen-bond donors (Lipinski definition) is 3. The number of nitrogens with one attached hydrogen (secondary N) is 2. The van der Waals surface area contributed by atoms with Gasteiger partial charge in [0, 0.05) is 12.1 Å². The van der Waals surface area contributed by atoms with Crippen LogP contribution in [0.25, 0.3) is 10.1 Å². The summed E-state index contributed by atoms with van der Waals surface area (Å²) in [7, 11) is -7.12. The quantitative estimate of drug-likeness (QED) is 0.252. The maximum Gasteiger partial charge on any atom is 0.393 e. The fourth-order valence-corrected chi connectivity index (χ4v) is 7.47. The summed E-state index contributed by atoms with van der Waals surface area (Å²) < 4.78 is 105. The summed E-state index contributed by atoms with van der Waals surface area (Å²) in [6, 6.07) is 8.43. The van der Waals surface area contributed by atoms with E-state index in [1.807, 2.05) is 0 Å². The summed E-state index contributed by atoms with van der Waals surface area (Å²) >= 11 is 1.10. The molecule has 8 nitrogen and oxygen atoms in total. The Morgan fingerprint density at radius 2 is 1.85 bits per heavy atom. The Bertz CT molecular complexity index is 1660. The molecule has 0 bridgehead atoms. The molecular weight excluding hydrogens is 594 g/mol. The molecule has 2 aromatic carbocycles. The number of anilines is 2. The molecule has 0 atom stereocenters. The van der Waals surface area contributed by atoms with Gasteiger partial charge in [-0.3, -0.25) is 0 Å². The van der Waals surface area contributed by atoms with Gasteiger partial charge in [0.15, 0.2) is 0 Å². The van der Waals surface area contributed by atoms with Crippen LogP contribution in [-0.2, 0) is 26.3 Å². The lowest BCUT2D eigenvalue weighted by atomic mass is 10.1. The molecule has 4 N–H and O–H groups in total. The fourth-order valence-electron chi connectivity index (χ4n) is 4.28. The van der Waals surface area contributed by atoms with Crippen LogP contribution in [0.15, 0.2) is 41.3 Å². The molecule has 3 aromatic rings.